The van der Waals surface area contributed by atoms with E-state index in [-0.39, 0.29) is 27.0 Å². The van der Waals surface area contributed by atoms with Crippen LogP contribution in [0, 0.1) is 0 Å². The van der Waals surface area contributed by atoms with Crippen LogP contribution in [-0.4, -0.2) is 30.8 Å². The molecule has 0 amide bonds. The van der Waals surface area contributed by atoms with Crippen LogP contribution in [0.15, 0.2) is 47.4 Å². The summed E-state index contributed by atoms with van der Waals surface area (Å²) in [4.78, 5) is 10.8. The van der Waals surface area contributed by atoms with Gasteiger partial charge in [-0.2, -0.15) is 4.31 Å². The summed E-state index contributed by atoms with van der Waals surface area (Å²) in [7, 11) is -2.56. The summed E-state index contributed by atoms with van der Waals surface area (Å²) in [6.07, 6.45) is 0. The molecule has 0 radical (unpaired) electrons. The summed E-state index contributed by atoms with van der Waals surface area (Å²) in [6.45, 7) is 0.129. The molecule has 122 valence electrons. The van der Waals surface area contributed by atoms with Crippen molar-refractivity contribution in [2.24, 2.45) is 0 Å². The number of halogens is 2. The van der Waals surface area contributed by atoms with E-state index >= 15 is 0 Å². The Kier molecular flexibility index (Phi) is 5.31. The Bertz CT molecular complexity index is 838. The number of sulfonamides is 1. The highest BCUT2D eigenvalue weighted by Crippen LogP contribution is 2.30. The number of aromatic carboxylic acids is 1. The Morgan fingerprint density at radius 3 is 2.30 bits per heavy atom. The van der Waals surface area contributed by atoms with Crippen LogP contribution in [0.3, 0.4) is 0 Å². The van der Waals surface area contributed by atoms with E-state index in [2.05, 4.69) is 0 Å². The topological polar surface area (TPSA) is 74.7 Å². The van der Waals surface area contributed by atoms with Crippen molar-refractivity contribution in [3.8, 4) is 0 Å². The molecule has 0 atom stereocenters. The van der Waals surface area contributed by atoms with E-state index in [4.69, 9.17) is 28.3 Å². The fourth-order valence-corrected chi connectivity index (χ4v) is 3.97. The first-order valence-electron chi connectivity index (χ1n) is 6.46. The van der Waals surface area contributed by atoms with Gasteiger partial charge in [0.05, 0.1) is 15.6 Å². The quantitative estimate of drug-likeness (QED) is 0.869. The van der Waals surface area contributed by atoms with Gasteiger partial charge in [0.1, 0.15) is 4.90 Å². The van der Waals surface area contributed by atoms with Crippen molar-refractivity contribution in [3.63, 3.8) is 0 Å². The highest BCUT2D eigenvalue weighted by Gasteiger charge is 2.26. The molecule has 0 aliphatic heterocycles. The minimum atomic E-state index is -3.96. The van der Waals surface area contributed by atoms with Gasteiger partial charge < -0.3 is 5.11 Å². The fraction of sp³-hybridized carbons (Fsp3) is 0.133. The predicted molar refractivity (Wildman–Crippen MR) is 88.5 cm³/mol. The molecular formula is C15H13Cl2NO4S. The van der Waals surface area contributed by atoms with Crippen LogP contribution in [-0.2, 0) is 16.6 Å². The van der Waals surface area contributed by atoms with Crippen LogP contribution in [0.25, 0.3) is 0 Å². The van der Waals surface area contributed by atoms with Crippen molar-refractivity contribution in [1.29, 1.82) is 0 Å². The van der Waals surface area contributed by atoms with E-state index in [1.54, 1.807) is 24.3 Å². The van der Waals surface area contributed by atoms with Gasteiger partial charge in [0.25, 0.3) is 0 Å². The lowest BCUT2D eigenvalue weighted by Crippen LogP contribution is -2.27. The van der Waals surface area contributed by atoms with Gasteiger partial charge in [-0.15, -0.1) is 0 Å². The average Bonchev–Trinajstić information content (AvgIpc) is 2.47. The Labute approximate surface area is 144 Å². The maximum Gasteiger partial charge on any atom is 0.337 e. The van der Waals surface area contributed by atoms with Crippen LogP contribution in [0.1, 0.15) is 15.9 Å². The Morgan fingerprint density at radius 2 is 1.74 bits per heavy atom. The predicted octanol–water partition coefficient (Wildman–Crippen LogP) is 3.51. The third-order valence-electron chi connectivity index (χ3n) is 3.19. The second-order valence-corrected chi connectivity index (χ2v) is 7.64. The number of nitrogens with zero attached hydrogens (tertiary/aromatic N) is 1. The van der Waals surface area contributed by atoms with E-state index in [9.17, 15) is 13.2 Å². The first-order chi connectivity index (χ1) is 10.7. The Hall–Kier alpha value is -1.60. The normalized spacial score (nSPS) is 11.7. The third-order valence-corrected chi connectivity index (χ3v) is 5.77. The lowest BCUT2D eigenvalue weighted by molar-refractivity contribution is 0.0697. The molecule has 2 rings (SSSR count). The van der Waals surface area contributed by atoms with Crippen LogP contribution < -0.4 is 0 Å². The monoisotopic (exact) mass is 373 g/mol. The summed E-state index contributed by atoms with van der Waals surface area (Å²) in [5, 5.41) is 8.84. The molecule has 1 N–H and O–H groups in total. The summed E-state index contributed by atoms with van der Waals surface area (Å²) in [5.74, 6) is -1.33. The Balaban J connectivity index is 2.43. The first kappa shape index (κ1) is 17.7. The van der Waals surface area contributed by atoms with Crippen molar-refractivity contribution < 1.29 is 18.3 Å². The molecule has 0 aromatic heterocycles. The molecular weight excluding hydrogens is 361 g/mol. The van der Waals surface area contributed by atoms with Crippen LogP contribution in [0.5, 0.6) is 0 Å². The number of hydrogen-bond acceptors (Lipinski definition) is 3. The molecule has 0 unspecified atom stereocenters. The van der Waals surface area contributed by atoms with Gasteiger partial charge in [0.2, 0.25) is 10.0 Å². The van der Waals surface area contributed by atoms with Crippen molar-refractivity contribution in [2.75, 3.05) is 7.05 Å². The Morgan fingerprint density at radius 1 is 1.13 bits per heavy atom. The minimum absolute atomic E-state index is 0.118. The number of carboxylic acids is 1. The molecule has 0 saturated carbocycles. The molecule has 0 bridgehead atoms. The summed E-state index contributed by atoms with van der Waals surface area (Å²) < 4.78 is 26.4. The van der Waals surface area contributed by atoms with E-state index in [1.165, 1.54) is 7.05 Å². The van der Waals surface area contributed by atoms with Gasteiger partial charge in [-0.05, 0) is 17.7 Å². The third kappa shape index (κ3) is 3.84. The first-order valence-corrected chi connectivity index (χ1v) is 8.65. The van der Waals surface area contributed by atoms with Crippen LogP contribution in [0.2, 0.25) is 10.0 Å². The molecule has 0 spiro atoms. The van der Waals surface area contributed by atoms with Gasteiger partial charge in [-0.3, -0.25) is 0 Å². The highest BCUT2D eigenvalue weighted by molar-refractivity contribution is 7.89. The molecule has 0 saturated heterocycles. The summed E-state index contributed by atoms with van der Waals surface area (Å²) >= 11 is 11.7. The zero-order valence-corrected chi connectivity index (χ0v) is 14.4. The molecule has 0 aliphatic carbocycles. The smallest absolute Gasteiger partial charge is 0.337 e. The molecule has 5 nitrogen and oxygen atoms in total. The number of carbonyl (C=O) groups is 1. The zero-order valence-electron chi connectivity index (χ0n) is 12.0. The second-order valence-electron chi connectivity index (χ2n) is 4.81. The van der Waals surface area contributed by atoms with Crippen molar-refractivity contribution in [2.45, 2.75) is 11.4 Å². The van der Waals surface area contributed by atoms with Gasteiger partial charge >= 0.3 is 5.97 Å². The lowest BCUT2D eigenvalue weighted by atomic mass is 10.2. The van der Waals surface area contributed by atoms with Gasteiger partial charge in [-0.1, -0.05) is 53.5 Å². The van der Waals surface area contributed by atoms with E-state index in [0.717, 1.165) is 22.0 Å². The number of rotatable bonds is 5. The molecule has 2 aromatic carbocycles. The summed E-state index contributed by atoms with van der Waals surface area (Å²) in [5.41, 5.74) is 0.477. The van der Waals surface area contributed by atoms with Gasteiger partial charge in [-0.25, -0.2) is 13.2 Å². The fourth-order valence-electron chi connectivity index (χ4n) is 1.98. The van der Waals surface area contributed by atoms with E-state index < -0.39 is 16.0 Å². The maximum absolute atomic E-state index is 12.6. The molecule has 0 heterocycles. The zero-order chi connectivity index (χ0) is 17.2. The van der Waals surface area contributed by atoms with Crippen molar-refractivity contribution in [1.82, 2.24) is 4.31 Å². The van der Waals surface area contributed by atoms with E-state index in [0.29, 0.717) is 0 Å². The molecule has 0 aliphatic rings. The molecule has 23 heavy (non-hydrogen) atoms. The minimum Gasteiger partial charge on any atom is -0.478 e. The number of benzene rings is 2. The largest absolute Gasteiger partial charge is 0.478 e. The average molecular weight is 374 g/mol. The summed E-state index contributed by atoms with van der Waals surface area (Å²) in [6, 6.07) is 11.1. The van der Waals surface area contributed by atoms with Crippen molar-refractivity contribution in [3.05, 3.63) is 63.6 Å². The standard InChI is InChI=1S/C15H13Cl2NO4S/c1-18(9-10-5-3-2-4-6-10)23(21,22)14-7-11(15(19)20)12(16)8-13(14)17/h2-8H,9H2,1H3,(H,19,20). The SMILES string of the molecule is CN(Cc1ccccc1)S(=O)(=O)c1cc(C(=O)O)c(Cl)cc1Cl. The molecule has 0 fully saturated rings. The molecule has 8 heteroatoms. The molecule has 2 aromatic rings. The van der Waals surface area contributed by atoms with Crippen molar-refractivity contribution >= 4 is 39.2 Å². The number of carboxylic acid groups (broad SMARTS) is 1. The lowest BCUT2D eigenvalue weighted by Gasteiger charge is -2.18. The maximum atomic E-state index is 12.6. The van der Waals surface area contributed by atoms with Gasteiger partial charge in [0, 0.05) is 13.6 Å². The number of hydrogen-bond donors (Lipinski definition) is 1. The van der Waals surface area contributed by atoms with Crippen LogP contribution in [0.4, 0.5) is 0 Å². The highest BCUT2D eigenvalue weighted by atomic mass is 35.5. The second kappa shape index (κ2) is 6.88. The van der Waals surface area contributed by atoms with E-state index in [1.807, 2.05) is 6.07 Å². The van der Waals surface area contributed by atoms with Crippen LogP contribution >= 0.6 is 23.2 Å². The van der Waals surface area contributed by atoms with Gasteiger partial charge in [0.15, 0.2) is 0 Å².